The van der Waals surface area contributed by atoms with Gasteiger partial charge in [0.25, 0.3) is 5.91 Å². The van der Waals surface area contributed by atoms with Crippen molar-refractivity contribution in [3.05, 3.63) is 69.6 Å². The zero-order chi connectivity index (χ0) is 25.5. The third-order valence-electron chi connectivity index (χ3n) is 5.57. The van der Waals surface area contributed by atoms with Gasteiger partial charge in [-0.2, -0.15) is 23.5 Å². The fraction of sp³-hybridized carbons (Fsp3) is 0.261. The van der Waals surface area contributed by atoms with E-state index >= 15 is 0 Å². The molecule has 1 aromatic heterocycles. The molecule has 7 nitrogen and oxygen atoms in total. The Morgan fingerprint density at radius 3 is 2.57 bits per heavy atom. The first-order chi connectivity index (χ1) is 16.5. The molecule has 35 heavy (non-hydrogen) atoms. The summed E-state index contributed by atoms with van der Waals surface area (Å²) in [4.78, 5) is 14.7. The molecule has 2 aromatic carbocycles. The van der Waals surface area contributed by atoms with Crippen LogP contribution in [0.3, 0.4) is 0 Å². The lowest BCUT2D eigenvalue weighted by Crippen LogP contribution is -2.37. The minimum Gasteiger partial charge on any atom is -0.493 e. The monoisotopic (exact) mass is 508 g/mol. The van der Waals surface area contributed by atoms with Crippen LogP contribution in [0.2, 0.25) is 5.02 Å². The minimum atomic E-state index is -4.69. The van der Waals surface area contributed by atoms with Gasteiger partial charge in [0.05, 0.1) is 34.1 Å². The van der Waals surface area contributed by atoms with Gasteiger partial charge in [-0.05, 0) is 43.3 Å². The average molecular weight is 509 g/mol. The molecule has 1 aliphatic rings. The smallest absolute Gasteiger partial charge is 0.425 e. The van der Waals surface area contributed by atoms with E-state index in [0.717, 1.165) is 13.0 Å². The molecule has 1 amide bonds. The number of alkyl halides is 3. The van der Waals surface area contributed by atoms with Crippen molar-refractivity contribution in [3.8, 4) is 23.4 Å². The first-order valence-electron chi connectivity index (χ1n) is 10.3. The van der Waals surface area contributed by atoms with Crippen molar-refractivity contribution in [2.75, 3.05) is 6.54 Å². The molecule has 182 valence electrons. The second kappa shape index (κ2) is 9.11. The van der Waals surface area contributed by atoms with Crippen molar-refractivity contribution < 1.29 is 32.2 Å². The van der Waals surface area contributed by atoms with E-state index in [1.807, 2.05) is 0 Å². The molecule has 0 bridgehead atoms. The summed E-state index contributed by atoms with van der Waals surface area (Å²) in [6, 6.07) is 9.33. The Kier molecular flexibility index (Phi) is 6.34. The van der Waals surface area contributed by atoms with E-state index in [0.29, 0.717) is 16.9 Å². The summed E-state index contributed by atoms with van der Waals surface area (Å²) in [5.74, 6) is -1.91. The summed E-state index contributed by atoms with van der Waals surface area (Å²) in [5, 5.41) is 24.0. The Morgan fingerprint density at radius 1 is 1.26 bits per heavy atom. The molecule has 1 N–H and O–H groups in total. The van der Waals surface area contributed by atoms with E-state index in [-0.39, 0.29) is 41.5 Å². The Bertz CT molecular complexity index is 1330. The van der Waals surface area contributed by atoms with Crippen LogP contribution < -0.4 is 4.74 Å². The van der Waals surface area contributed by atoms with Gasteiger partial charge in [-0.25, -0.2) is 9.07 Å². The Labute approximate surface area is 201 Å². The molecule has 12 heteroatoms. The second-order valence-corrected chi connectivity index (χ2v) is 8.21. The number of carbonyl (C=O) groups excluding carboxylic acids is 1. The van der Waals surface area contributed by atoms with Gasteiger partial charge in [-0.15, -0.1) is 0 Å². The second-order valence-electron chi connectivity index (χ2n) is 7.83. The molecular formula is C23H17ClF4N4O3. The highest BCUT2D eigenvalue weighted by molar-refractivity contribution is 6.35. The summed E-state index contributed by atoms with van der Waals surface area (Å²) < 4.78 is 58.7. The normalized spacial score (nSPS) is 14.3. The molecule has 0 aliphatic carbocycles. The van der Waals surface area contributed by atoms with Crippen LogP contribution in [0.1, 0.15) is 34.1 Å². The Balaban J connectivity index is 1.68. The number of ether oxygens (including phenoxy) is 1. The summed E-state index contributed by atoms with van der Waals surface area (Å²) in [7, 11) is 0. The Morgan fingerprint density at radius 2 is 1.94 bits per heavy atom. The Hall–Kier alpha value is -3.78. The first-order valence-corrected chi connectivity index (χ1v) is 10.7. The van der Waals surface area contributed by atoms with Gasteiger partial charge in [0, 0.05) is 13.0 Å². The molecule has 0 saturated carbocycles. The maximum Gasteiger partial charge on any atom is 0.425 e. The standard InChI is InChI=1S/C23H17ClF4N4O3/c1-12(23(26,27)28)35-18-7-2-13(10-29)20(24)19(18)22(34)31-9-8-17-16(11-31)21(33)32(30-17)15-5-3-14(25)4-6-15/h2-7,12,33H,8-9,11H2,1H3. The van der Waals surface area contributed by atoms with Crippen molar-refractivity contribution >= 4 is 17.5 Å². The fourth-order valence-electron chi connectivity index (χ4n) is 3.65. The van der Waals surface area contributed by atoms with Crippen molar-refractivity contribution in [2.45, 2.75) is 32.2 Å². The van der Waals surface area contributed by atoms with E-state index < -0.39 is 29.8 Å². The predicted molar refractivity (Wildman–Crippen MR) is 116 cm³/mol. The van der Waals surface area contributed by atoms with Crippen LogP contribution in [0.4, 0.5) is 17.6 Å². The van der Waals surface area contributed by atoms with Crippen LogP contribution >= 0.6 is 11.6 Å². The van der Waals surface area contributed by atoms with E-state index in [1.54, 1.807) is 6.07 Å². The molecule has 0 fully saturated rings. The van der Waals surface area contributed by atoms with E-state index in [1.165, 1.54) is 39.9 Å². The molecular weight excluding hydrogens is 492 g/mol. The van der Waals surface area contributed by atoms with Gasteiger partial charge in [0.15, 0.2) is 6.10 Å². The number of halogens is 5. The van der Waals surface area contributed by atoms with Gasteiger partial charge in [-0.1, -0.05) is 11.6 Å². The van der Waals surface area contributed by atoms with Gasteiger partial charge in [-0.3, -0.25) is 4.79 Å². The number of nitrogens with zero attached hydrogens (tertiary/aromatic N) is 4. The number of rotatable bonds is 4. The quantitative estimate of drug-likeness (QED) is 0.513. The minimum absolute atomic E-state index is 0.105. The maximum atomic E-state index is 13.4. The lowest BCUT2D eigenvalue weighted by molar-refractivity contribution is -0.189. The summed E-state index contributed by atoms with van der Waals surface area (Å²) in [6.07, 6.45) is -6.70. The van der Waals surface area contributed by atoms with Crippen molar-refractivity contribution in [1.29, 1.82) is 5.26 Å². The largest absolute Gasteiger partial charge is 0.493 e. The molecule has 1 atom stereocenters. The third kappa shape index (κ3) is 4.61. The van der Waals surface area contributed by atoms with Crippen molar-refractivity contribution in [3.63, 3.8) is 0 Å². The number of carbonyl (C=O) groups is 1. The zero-order valence-electron chi connectivity index (χ0n) is 18.1. The van der Waals surface area contributed by atoms with Crippen LogP contribution in [-0.4, -0.2) is 44.5 Å². The van der Waals surface area contributed by atoms with Gasteiger partial charge in [0.2, 0.25) is 5.88 Å². The molecule has 1 unspecified atom stereocenters. The average Bonchev–Trinajstić information content (AvgIpc) is 3.14. The van der Waals surface area contributed by atoms with Crippen molar-refractivity contribution in [1.82, 2.24) is 14.7 Å². The number of aromatic hydroxyl groups is 1. The first kappa shape index (κ1) is 24.3. The number of hydrogen-bond acceptors (Lipinski definition) is 5. The lowest BCUT2D eigenvalue weighted by atomic mass is 10.0. The summed E-state index contributed by atoms with van der Waals surface area (Å²) in [5.41, 5.74) is 0.752. The number of fused-ring (bicyclic) bond motifs is 1. The molecule has 2 heterocycles. The molecule has 0 saturated heterocycles. The van der Waals surface area contributed by atoms with Gasteiger partial charge in [0.1, 0.15) is 23.2 Å². The van der Waals surface area contributed by atoms with Crippen molar-refractivity contribution in [2.24, 2.45) is 0 Å². The maximum absolute atomic E-state index is 13.4. The van der Waals surface area contributed by atoms with E-state index in [9.17, 15) is 32.7 Å². The highest BCUT2D eigenvalue weighted by Crippen LogP contribution is 2.36. The number of benzene rings is 2. The highest BCUT2D eigenvalue weighted by Gasteiger charge is 2.39. The van der Waals surface area contributed by atoms with Gasteiger partial charge < -0.3 is 14.7 Å². The molecule has 4 rings (SSSR count). The van der Waals surface area contributed by atoms with Gasteiger partial charge >= 0.3 is 6.18 Å². The third-order valence-corrected chi connectivity index (χ3v) is 5.96. The van der Waals surface area contributed by atoms with Crippen LogP contribution in [0.5, 0.6) is 11.6 Å². The number of amides is 1. The van der Waals surface area contributed by atoms with Crippen LogP contribution in [0, 0.1) is 17.1 Å². The number of aromatic nitrogens is 2. The van der Waals surface area contributed by atoms with E-state index in [2.05, 4.69) is 5.10 Å². The summed E-state index contributed by atoms with van der Waals surface area (Å²) >= 11 is 6.23. The topological polar surface area (TPSA) is 91.4 Å². The highest BCUT2D eigenvalue weighted by atomic mass is 35.5. The fourth-order valence-corrected chi connectivity index (χ4v) is 3.93. The number of hydrogen-bond donors (Lipinski definition) is 1. The van der Waals surface area contributed by atoms with Crippen LogP contribution in [0.25, 0.3) is 5.69 Å². The number of nitriles is 1. The zero-order valence-corrected chi connectivity index (χ0v) is 18.9. The van der Waals surface area contributed by atoms with Crippen LogP contribution in [-0.2, 0) is 13.0 Å². The molecule has 0 radical (unpaired) electrons. The predicted octanol–water partition coefficient (Wildman–Crippen LogP) is 4.77. The SMILES string of the molecule is CC(Oc1ccc(C#N)c(Cl)c1C(=O)N1CCc2nn(-c3ccc(F)cc3)c(O)c2C1)C(F)(F)F. The van der Waals surface area contributed by atoms with Crippen LogP contribution in [0.15, 0.2) is 36.4 Å². The van der Waals surface area contributed by atoms with E-state index in [4.69, 9.17) is 16.3 Å². The molecule has 0 spiro atoms. The molecule has 1 aliphatic heterocycles. The summed E-state index contributed by atoms with van der Waals surface area (Å²) in [6.45, 7) is 0.783. The lowest BCUT2D eigenvalue weighted by Gasteiger charge is -2.28. The molecule has 3 aromatic rings.